The van der Waals surface area contributed by atoms with Gasteiger partial charge in [0.1, 0.15) is 0 Å². The molecule has 0 bridgehead atoms. The van der Waals surface area contributed by atoms with Gasteiger partial charge < -0.3 is 0 Å². The number of alkyl halides is 1. The van der Waals surface area contributed by atoms with E-state index in [4.69, 9.17) is 19.4 Å². The van der Waals surface area contributed by atoms with Gasteiger partial charge in [0.2, 0.25) is 0 Å². The molecule has 0 saturated heterocycles. The molecule has 0 heterocycles. The van der Waals surface area contributed by atoms with Crippen molar-refractivity contribution in [2.45, 2.75) is 25.5 Å². The Labute approximate surface area is 51.7 Å². The maximum Gasteiger partial charge on any atom is 0.0917 e. The van der Waals surface area contributed by atoms with Crippen molar-refractivity contribution in [1.29, 1.82) is 0 Å². The first-order valence-corrected chi connectivity index (χ1v) is 2.96. The van der Waals surface area contributed by atoms with Crippen molar-refractivity contribution in [2.24, 2.45) is 5.92 Å². The maximum absolute atomic E-state index is 5.45. The van der Waals surface area contributed by atoms with E-state index in [2.05, 4.69) is 13.8 Å². The molecule has 0 rings (SSSR count). The summed E-state index contributed by atoms with van der Waals surface area (Å²) in [6.45, 7) is 4.20. The Morgan fingerprint density at radius 2 is 2.00 bits per heavy atom. The molecular weight excluding hydrogens is 106 g/mol. The van der Waals surface area contributed by atoms with Crippen molar-refractivity contribution < 1.29 is 0 Å². The van der Waals surface area contributed by atoms with Crippen molar-refractivity contribution in [3.63, 3.8) is 0 Å². The molecule has 2 radical (unpaired) electrons. The largest absolute Gasteiger partial charge is 0.134 e. The third-order valence-electron chi connectivity index (χ3n) is 0.697. The molecule has 7 heavy (non-hydrogen) atoms. The molecule has 0 fully saturated rings. The van der Waals surface area contributed by atoms with E-state index in [0.717, 1.165) is 6.42 Å². The Balaban J connectivity index is 2.95. The lowest BCUT2D eigenvalue weighted by atomic mass is 9.95. The molecule has 0 aromatic heterocycles. The lowest BCUT2D eigenvalue weighted by Crippen LogP contribution is -2.01. The van der Waals surface area contributed by atoms with Crippen LogP contribution in [0.5, 0.6) is 0 Å². The monoisotopic (exact) mass is 116 g/mol. The van der Waals surface area contributed by atoms with Crippen molar-refractivity contribution >= 4 is 19.4 Å². The summed E-state index contributed by atoms with van der Waals surface area (Å²) in [5.74, 6) is 0.618. The van der Waals surface area contributed by atoms with Gasteiger partial charge >= 0.3 is 0 Å². The topological polar surface area (TPSA) is 0 Å². The molecule has 40 valence electrons. The highest BCUT2D eigenvalue weighted by molar-refractivity contribution is 6.40. The fraction of sp³-hybridized carbons (Fsp3) is 1.00. The molecule has 2 heteroatoms. The third-order valence-corrected chi connectivity index (χ3v) is 0.875. The molecule has 0 aromatic carbocycles. The predicted octanol–water partition coefficient (Wildman–Crippen LogP) is 1.77. The normalized spacial score (nSPS) is 14.9. The van der Waals surface area contributed by atoms with Crippen LogP contribution >= 0.6 is 11.6 Å². The van der Waals surface area contributed by atoms with Gasteiger partial charge in [-0.25, -0.2) is 0 Å². The minimum absolute atomic E-state index is 0.153. The zero-order chi connectivity index (χ0) is 5.86. The number of hydrogen-bond acceptors (Lipinski definition) is 0. The van der Waals surface area contributed by atoms with Crippen LogP contribution in [0.2, 0.25) is 0 Å². The van der Waals surface area contributed by atoms with Crippen LogP contribution in [0, 0.1) is 5.92 Å². The van der Waals surface area contributed by atoms with E-state index in [1.807, 2.05) is 0 Å². The second kappa shape index (κ2) is 3.37. The average molecular weight is 116 g/mol. The van der Waals surface area contributed by atoms with Gasteiger partial charge in [0.15, 0.2) is 0 Å². The van der Waals surface area contributed by atoms with Gasteiger partial charge in [-0.1, -0.05) is 13.8 Å². The maximum atomic E-state index is 5.45. The van der Waals surface area contributed by atoms with Gasteiger partial charge in [0.25, 0.3) is 0 Å². The number of halogens is 1. The Morgan fingerprint density at radius 1 is 1.57 bits per heavy atom. The lowest BCUT2D eigenvalue weighted by Gasteiger charge is -2.03. The van der Waals surface area contributed by atoms with Gasteiger partial charge in [-0.05, 0) is 17.6 Å². The third kappa shape index (κ3) is 6.35. The van der Waals surface area contributed by atoms with Crippen molar-refractivity contribution in [3.8, 4) is 0 Å². The Morgan fingerprint density at radius 3 is 2.00 bits per heavy atom. The summed E-state index contributed by atoms with van der Waals surface area (Å²) in [6.07, 6.45) is 0.904. The van der Waals surface area contributed by atoms with Gasteiger partial charge in [-0.15, -0.1) is 11.6 Å². The standard InChI is InChI=1S/C5H10BCl/c1-4(2)3-5(6)7/h4-5H,3H2,1-2H3. The predicted molar refractivity (Wildman–Crippen MR) is 34.8 cm³/mol. The highest BCUT2D eigenvalue weighted by Crippen LogP contribution is 2.05. The first-order valence-electron chi connectivity index (χ1n) is 2.52. The van der Waals surface area contributed by atoms with E-state index in [-0.39, 0.29) is 5.28 Å². The molecule has 0 amide bonds. The van der Waals surface area contributed by atoms with Crippen LogP contribution in [0.25, 0.3) is 0 Å². The van der Waals surface area contributed by atoms with Crippen LogP contribution in [-0.4, -0.2) is 13.1 Å². The average Bonchev–Trinajstić information content (AvgIpc) is 1.27. The summed E-state index contributed by atoms with van der Waals surface area (Å²) in [7, 11) is 5.26. The summed E-state index contributed by atoms with van der Waals surface area (Å²) in [4.78, 5) is 0. The Hall–Kier alpha value is 0.355. The van der Waals surface area contributed by atoms with Gasteiger partial charge in [-0.3, -0.25) is 0 Å². The van der Waals surface area contributed by atoms with E-state index in [9.17, 15) is 0 Å². The Kier molecular flexibility index (Phi) is 3.54. The van der Waals surface area contributed by atoms with Crippen LogP contribution in [0.4, 0.5) is 0 Å². The summed E-state index contributed by atoms with van der Waals surface area (Å²) in [5, 5.41) is -0.153. The second-order valence-electron chi connectivity index (χ2n) is 2.15. The highest BCUT2D eigenvalue weighted by atomic mass is 35.5. The van der Waals surface area contributed by atoms with E-state index in [0.29, 0.717) is 5.92 Å². The zero-order valence-corrected chi connectivity index (χ0v) is 5.57. The van der Waals surface area contributed by atoms with E-state index in [1.165, 1.54) is 0 Å². The molecule has 0 nitrogen and oxygen atoms in total. The first kappa shape index (κ1) is 7.35. The van der Waals surface area contributed by atoms with Crippen LogP contribution < -0.4 is 0 Å². The van der Waals surface area contributed by atoms with Gasteiger partial charge in [-0.2, -0.15) is 0 Å². The zero-order valence-electron chi connectivity index (χ0n) is 4.82. The van der Waals surface area contributed by atoms with E-state index < -0.39 is 0 Å². The van der Waals surface area contributed by atoms with Crippen molar-refractivity contribution in [2.75, 3.05) is 0 Å². The number of hydrogen-bond donors (Lipinski definition) is 0. The van der Waals surface area contributed by atoms with Gasteiger partial charge in [0, 0.05) is 0 Å². The molecule has 0 aliphatic heterocycles. The van der Waals surface area contributed by atoms with Gasteiger partial charge in [0.05, 0.1) is 7.85 Å². The summed E-state index contributed by atoms with van der Waals surface area (Å²) in [6, 6.07) is 0. The number of rotatable bonds is 2. The van der Waals surface area contributed by atoms with E-state index >= 15 is 0 Å². The molecule has 0 aromatic rings. The molecule has 0 aliphatic carbocycles. The van der Waals surface area contributed by atoms with Crippen molar-refractivity contribution in [3.05, 3.63) is 0 Å². The summed E-state index contributed by atoms with van der Waals surface area (Å²) < 4.78 is 0. The minimum Gasteiger partial charge on any atom is -0.134 e. The van der Waals surface area contributed by atoms with Crippen LogP contribution in [0.1, 0.15) is 20.3 Å². The molecule has 1 unspecified atom stereocenters. The van der Waals surface area contributed by atoms with E-state index in [1.54, 1.807) is 0 Å². The highest BCUT2D eigenvalue weighted by Gasteiger charge is 1.97. The van der Waals surface area contributed by atoms with Crippen LogP contribution in [0.3, 0.4) is 0 Å². The molecule has 0 aliphatic rings. The second-order valence-corrected chi connectivity index (χ2v) is 2.71. The van der Waals surface area contributed by atoms with Crippen LogP contribution in [0.15, 0.2) is 0 Å². The molecular formula is C5H10BCl. The molecule has 0 N–H and O–H groups in total. The first-order chi connectivity index (χ1) is 3.13. The Bertz CT molecular complexity index is 37.3. The minimum atomic E-state index is -0.153. The SMILES string of the molecule is [B]C(Cl)CC(C)C. The van der Waals surface area contributed by atoms with Crippen molar-refractivity contribution in [1.82, 2.24) is 0 Å². The fourth-order valence-corrected chi connectivity index (χ4v) is 0.807. The summed E-state index contributed by atoms with van der Waals surface area (Å²) in [5.41, 5.74) is 0. The molecule has 0 spiro atoms. The summed E-state index contributed by atoms with van der Waals surface area (Å²) >= 11 is 5.45. The fourth-order valence-electron chi connectivity index (χ4n) is 0.450. The molecule has 0 saturated carbocycles. The quantitative estimate of drug-likeness (QED) is 0.381. The molecule has 1 atom stereocenters. The van der Waals surface area contributed by atoms with Crippen LogP contribution in [-0.2, 0) is 0 Å². The lowest BCUT2D eigenvalue weighted by molar-refractivity contribution is 0.614. The smallest absolute Gasteiger partial charge is 0.0917 e.